The van der Waals surface area contributed by atoms with E-state index in [-0.39, 0.29) is 0 Å². The van der Waals surface area contributed by atoms with Crippen LogP contribution in [0.25, 0.3) is 11.1 Å². The van der Waals surface area contributed by atoms with Gasteiger partial charge in [0.1, 0.15) is 6.42 Å². The largest absolute Gasteiger partial charge is 0.481 e. The molecule has 0 radical (unpaired) electrons. The number of carboxylic acids is 1. The molecule has 1 N–H and O–H groups in total. The summed E-state index contributed by atoms with van der Waals surface area (Å²) in [4.78, 5) is 22.2. The summed E-state index contributed by atoms with van der Waals surface area (Å²) >= 11 is 5.92. The van der Waals surface area contributed by atoms with E-state index >= 15 is 0 Å². The lowest BCUT2D eigenvalue weighted by atomic mass is 10.0. The van der Waals surface area contributed by atoms with Crippen LogP contribution in [-0.4, -0.2) is 16.9 Å². The van der Waals surface area contributed by atoms with Crippen LogP contribution in [0.1, 0.15) is 16.8 Å². The molecule has 96 valence electrons. The first-order chi connectivity index (χ1) is 9.06. The molecular formula is C15H11ClO3. The highest BCUT2D eigenvalue weighted by Gasteiger charge is 2.11. The fourth-order valence-electron chi connectivity index (χ4n) is 1.78. The minimum atomic E-state index is -1.13. The third kappa shape index (κ3) is 3.42. The van der Waals surface area contributed by atoms with Crippen molar-refractivity contribution in [1.82, 2.24) is 0 Å². The van der Waals surface area contributed by atoms with Crippen LogP contribution in [0.3, 0.4) is 0 Å². The molecule has 2 aromatic rings. The molecule has 0 spiro atoms. The van der Waals surface area contributed by atoms with E-state index in [1.165, 1.54) is 0 Å². The zero-order valence-corrected chi connectivity index (χ0v) is 10.7. The Morgan fingerprint density at radius 3 is 2.26 bits per heavy atom. The average Bonchev–Trinajstić information content (AvgIpc) is 2.38. The number of aliphatic carboxylic acids is 1. The van der Waals surface area contributed by atoms with Gasteiger partial charge in [0, 0.05) is 10.6 Å². The molecule has 0 bridgehead atoms. The summed E-state index contributed by atoms with van der Waals surface area (Å²) in [6.07, 6.45) is -0.501. The van der Waals surface area contributed by atoms with Crippen LogP contribution in [0.2, 0.25) is 5.02 Å². The van der Waals surface area contributed by atoms with Crippen molar-refractivity contribution in [3.05, 3.63) is 59.1 Å². The lowest BCUT2D eigenvalue weighted by Crippen LogP contribution is -2.06. The van der Waals surface area contributed by atoms with Crippen LogP contribution < -0.4 is 0 Å². The number of carbonyl (C=O) groups excluding carboxylic acids is 1. The average molecular weight is 275 g/mol. The van der Waals surface area contributed by atoms with Crippen LogP contribution in [0.4, 0.5) is 0 Å². The standard InChI is InChI=1S/C15H11ClO3/c16-13-6-2-4-11(8-13)10-3-1-5-12(7-10)14(17)9-15(18)19/h1-8H,9H2,(H,18,19). The Labute approximate surface area is 115 Å². The maximum absolute atomic E-state index is 11.7. The van der Waals surface area contributed by atoms with Crippen molar-refractivity contribution in [2.75, 3.05) is 0 Å². The summed E-state index contributed by atoms with van der Waals surface area (Å²) in [6.45, 7) is 0. The maximum Gasteiger partial charge on any atom is 0.311 e. The van der Waals surface area contributed by atoms with Gasteiger partial charge < -0.3 is 5.11 Å². The van der Waals surface area contributed by atoms with E-state index in [9.17, 15) is 9.59 Å². The lowest BCUT2D eigenvalue weighted by Gasteiger charge is -2.04. The number of carbonyl (C=O) groups is 2. The van der Waals surface area contributed by atoms with E-state index in [4.69, 9.17) is 16.7 Å². The van der Waals surface area contributed by atoms with Crippen LogP contribution in [0.5, 0.6) is 0 Å². The summed E-state index contributed by atoms with van der Waals surface area (Å²) in [5, 5.41) is 9.24. The van der Waals surface area contributed by atoms with Gasteiger partial charge in [-0.1, -0.05) is 41.9 Å². The van der Waals surface area contributed by atoms with Crippen LogP contribution >= 0.6 is 11.6 Å². The molecule has 0 amide bonds. The molecule has 0 aliphatic carbocycles. The van der Waals surface area contributed by atoms with Crippen molar-refractivity contribution >= 4 is 23.4 Å². The van der Waals surface area contributed by atoms with Gasteiger partial charge >= 0.3 is 5.97 Å². The van der Waals surface area contributed by atoms with Crippen molar-refractivity contribution in [3.8, 4) is 11.1 Å². The topological polar surface area (TPSA) is 54.4 Å². The van der Waals surface area contributed by atoms with Crippen molar-refractivity contribution in [2.24, 2.45) is 0 Å². The molecule has 0 aliphatic heterocycles. The quantitative estimate of drug-likeness (QED) is 0.684. The SMILES string of the molecule is O=C(O)CC(=O)c1cccc(-c2cccc(Cl)c2)c1. The van der Waals surface area contributed by atoms with E-state index in [0.717, 1.165) is 11.1 Å². The molecule has 4 heteroatoms. The number of hydrogen-bond donors (Lipinski definition) is 1. The second kappa shape index (κ2) is 5.67. The van der Waals surface area contributed by atoms with Gasteiger partial charge in [0.2, 0.25) is 0 Å². The Hall–Kier alpha value is -2.13. The number of rotatable bonds is 4. The summed E-state index contributed by atoms with van der Waals surface area (Å²) in [6, 6.07) is 14.1. The van der Waals surface area contributed by atoms with Crippen molar-refractivity contribution in [2.45, 2.75) is 6.42 Å². The van der Waals surface area contributed by atoms with Crippen molar-refractivity contribution < 1.29 is 14.7 Å². The minimum absolute atomic E-state index is 0.389. The number of ketones is 1. The number of Topliss-reactive ketones (excluding diaryl/α,β-unsaturated/α-hetero) is 1. The predicted octanol–water partition coefficient (Wildman–Crippen LogP) is 3.66. The van der Waals surface area contributed by atoms with Gasteiger partial charge in [-0.25, -0.2) is 0 Å². The van der Waals surface area contributed by atoms with Crippen LogP contribution in [0, 0.1) is 0 Å². The molecule has 0 saturated carbocycles. The fourth-order valence-corrected chi connectivity index (χ4v) is 1.97. The minimum Gasteiger partial charge on any atom is -0.481 e. The molecule has 0 heterocycles. The first-order valence-electron chi connectivity index (χ1n) is 5.67. The smallest absolute Gasteiger partial charge is 0.311 e. The molecule has 19 heavy (non-hydrogen) atoms. The summed E-state index contributed by atoms with van der Waals surface area (Å²) < 4.78 is 0. The van der Waals surface area contributed by atoms with E-state index in [1.54, 1.807) is 30.3 Å². The Bertz CT molecular complexity index is 635. The van der Waals surface area contributed by atoms with Crippen molar-refractivity contribution in [3.63, 3.8) is 0 Å². The maximum atomic E-state index is 11.7. The molecule has 0 unspecified atom stereocenters. The Morgan fingerprint density at radius 2 is 1.63 bits per heavy atom. The number of benzene rings is 2. The lowest BCUT2D eigenvalue weighted by molar-refractivity contribution is -0.135. The molecular weight excluding hydrogens is 264 g/mol. The van der Waals surface area contributed by atoms with Gasteiger partial charge in [-0.15, -0.1) is 0 Å². The monoisotopic (exact) mass is 274 g/mol. The molecule has 0 fully saturated rings. The molecule has 0 aliphatic rings. The van der Waals surface area contributed by atoms with Crippen LogP contribution in [0.15, 0.2) is 48.5 Å². The van der Waals surface area contributed by atoms with Gasteiger partial charge in [-0.2, -0.15) is 0 Å². The molecule has 2 aromatic carbocycles. The summed E-state index contributed by atoms with van der Waals surface area (Å²) in [7, 11) is 0. The third-order valence-corrected chi connectivity index (χ3v) is 2.89. The van der Waals surface area contributed by atoms with Gasteiger partial charge in [-0.3, -0.25) is 9.59 Å². The van der Waals surface area contributed by atoms with Crippen molar-refractivity contribution in [1.29, 1.82) is 0 Å². The summed E-state index contributed by atoms with van der Waals surface area (Å²) in [5.74, 6) is -1.53. The highest BCUT2D eigenvalue weighted by Crippen LogP contribution is 2.23. The van der Waals surface area contributed by atoms with Gasteiger partial charge in [-0.05, 0) is 29.3 Å². The van der Waals surface area contributed by atoms with E-state index in [2.05, 4.69) is 0 Å². The van der Waals surface area contributed by atoms with Gasteiger partial charge in [0.15, 0.2) is 5.78 Å². The molecule has 2 rings (SSSR count). The first kappa shape index (κ1) is 13.3. The number of hydrogen-bond acceptors (Lipinski definition) is 2. The Kier molecular flexibility index (Phi) is 3.97. The molecule has 0 saturated heterocycles. The highest BCUT2D eigenvalue weighted by atomic mass is 35.5. The second-order valence-corrected chi connectivity index (χ2v) is 4.52. The fraction of sp³-hybridized carbons (Fsp3) is 0.0667. The molecule has 0 aromatic heterocycles. The highest BCUT2D eigenvalue weighted by molar-refractivity contribution is 6.30. The van der Waals surface area contributed by atoms with Crippen LogP contribution in [-0.2, 0) is 4.79 Å². The number of carboxylic acid groups (broad SMARTS) is 1. The molecule has 0 atom stereocenters. The zero-order chi connectivity index (χ0) is 13.8. The third-order valence-electron chi connectivity index (χ3n) is 2.65. The second-order valence-electron chi connectivity index (χ2n) is 4.08. The Morgan fingerprint density at radius 1 is 1.00 bits per heavy atom. The van der Waals surface area contributed by atoms with Gasteiger partial charge in [0.25, 0.3) is 0 Å². The predicted molar refractivity (Wildman–Crippen MR) is 73.5 cm³/mol. The Balaban J connectivity index is 2.34. The first-order valence-corrected chi connectivity index (χ1v) is 6.05. The molecule has 3 nitrogen and oxygen atoms in total. The van der Waals surface area contributed by atoms with E-state index in [1.807, 2.05) is 18.2 Å². The van der Waals surface area contributed by atoms with Gasteiger partial charge in [0.05, 0.1) is 0 Å². The van der Waals surface area contributed by atoms with E-state index in [0.29, 0.717) is 10.6 Å². The summed E-state index contributed by atoms with van der Waals surface area (Å²) in [5.41, 5.74) is 2.11. The van der Waals surface area contributed by atoms with E-state index < -0.39 is 18.2 Å². The zero-order valence-electron chi connectivity index (χ0n) is 9.97. The number of halogens is 1. The normalized spacial score (nSPS) is 10.2.